The number of fused-ring (bicyclic) bond motifs is 1. The van der Waals surface area contributed by atoms with Crippen LogP contribution >= 0.6 is 11.6 Å². The maximum absolute atomic E-state index is 13.5. The molecule has 0 bridgehead atoms. The Kier molecular flexibility index (Phi) is 11.4. The number of hydrogen-bond acceptors (Lipinski definition) is 13. The molecule has 1 saturated carbocycles. The number of piperidine rings is 2. The van der Waals surface area contributed by atoms with Gasteiger partial charge in [0.2, 0.25) is 5.91 Å². The molecule has 5 aromatic rings. The average Bonchev–Trinajstić information content (AvgIpc) is 3.76. The topological polar surface area (TPSA) is 196 Å². The highest BCUT2D eigenvalue weighted by Gasteiger charge is 2.64. The van der Waals surface area contributed by atoms with Crippen LogP contribution < -0.4 is 30.7 Å². The summed E-state index contributed by atoms with van der Waals surface area (Å²) >= 11 is 6.26. The van der Waals surface area contributed by atoms with Gasteiger partial charge in [-0.15, -0.1) is 10.2 Å². The number of carbonyl (C=O) groups is 3. The van der Waals surface area contributed by atoms with Crippen molar-refractivity contribution in [1.82, 2.24) is 45.5 Å². The number of nitrogens with zero attached hydrogens (tertiary/aromatic N) is 10. The summed E-state index contributed by atoms with van der Waals surface area (Å²) < 4.78 is 9.47. The first kappa shape index (κ1) is 42.9. The summed E-state index contributed by atoms with van der Waals surface area (Å²) in [6.07, 6.45) is 3.94. The lowest BCUT2D eigenvalue weighted by Crippen LogP contribution is -2.74. The molecule has 3 amide bonds. The molecule has 18 heteroatoms. The third-order valence-corrected chi connectivity index (χ3v) is 13.9. The van der Waals surface area contributed by atoms with E-state index in [-0.39, 0.29) is 53.7 Å². The van der Waals surface area contributed by atoms with Crippen molar-refractivity contribution in [2.75, 3.05) is 49.1 Å². The minimum absolute atomic E-state index is 0.122. The molecule has 1 aliphatic carbocycles. The van der Waals surface area contributed by atoms with Crippen molar-refractivity contribution < 1.29 is 19.1 Å². The minimum Gasteiger partial charge on any atom is -0.489 e. The van der Waals surface area contributed by atoms with E-state index in [9.17, 15) is 24.4 Å². The Balaban J connectivity index is 0.740. The molecule has 64 heavy (non-hydrogen) atoms. The predicted octanol–water partition coefficient (Wildman–Crippen LogP) is 4.66. The van der Waals surface area contributed by atoms with Crippen LogP contribution in [0.15, 0.2) is 71.7 Å². The number of imide groups is 1. The van der Waals surface area contributed by atoms with Gasteiger partial charge in [0.25, 0.3) is 17.4 Å². The van der Waals surface area contributed by atoms with E-state index >= 15 is 0 Å². The molecule has 4 aliphatic rings. The van der Waals surface area contributed by atoms with Gasteiger partial charge in [-0.3, -0.25) is 29.4 Å². The summed E-state index contributed by atoms with van der Waals surface area (Å²) in [5, 5.41) is 32.8. The first-order valence-electron chi connectivity index (χ1n) is 21.8. The summed E-state index contributed by atoms with van der Waals surface area (Å²) in [5.41, 5.74) is 3.25. The fraction of sp³-hybridized carbons (Fsp3) is 0.457. The molecule has 2 N–H and O–H groups in total. The largest absolute Gasteiger partial charge is 0.489 e. The smallest absolute Gasteiger partial charge is 0.278 e. The highest BCUT2D eigenvalue weighted by atomic mass is 35.5. The molecule has 0 spiro atoms. The first-order chi connectivity index (χ1) is 30.7. The maximum atomic E-state index is 13.5. The average molecular weight is 887 g/mol. The highest BCUT2D eigenvalue weighted by Crippen LogP contribution is 2.55. The van der Waals surface area contributed by atoms with Gasteiger partial charge in [0.1, 0.15) is 29.5 Å². The van der Waals surface area contributed by atoms with E-state index in [0.717, 1.165) is 73.9 Å². The summed E-state index contributed by atoms with van der Waals surface area (Å²) in [6.45, 7) is 14.1. The lowest BCUT2D eigenvalue weighted by Gasteiger charge is -2.63. The molecule has 332 valence electrons. The van der Waals surface area contributed by atoms with Crippen LogP contribution in [0, 0.1) is 22.2 Å². The highest BCUT2D eigenvalue weighted by molar-refractivity contribution is 6.31. The van der Waals surface area contributed by atoms with Crippen molar-refractivity contribution in [3.05, 3.63) is 99.1 Å². The van der Waals surface area contributed by atoms with E-state index in [1.165, 1.54) is 0 Å². The number of carbonyl (C=O) groups excluding carboxylic acids is 3. The Morgan fingerprint density at radius 1 is 0.875 bits per heavy atom. The molecule has 1 unspecified atom stereocenters. The van der Waals surface area contributed by atoms with Gasteiger partial charge in [-0.25, -0.2) is 4.68 Å². The zero-order valence-corrected chi connectivity index (χ0v) is 37.1. The number of nitriles is 1. The Labute approximate surface area is 375 Å². The second kappa shape index (κ2) is 17.0. The fourth-order valence-corrected chi connectivity index (χ4v) is 10.6. The molecule has 0 radical (unpaired) electrons. The molecule has 17 nitrogen and oxygen atoms in total. The van der Waals surface area contributed by atoms with Gasteiger partial charge in [0.05, 0.1) is 33.9 Å². The maximum Gasteiger partial charge on any atom is 0.278 e. The normalized spacial score (nSPS) is 22.4. The van der Waals surface area contributed by atoms with Crippen molar-refractivity contribution in [2.45, 2.75) is 84.2 Å². The van der Waals surface area contributed by atoms with Gasteiger partial charge in [0.15, 0.2) is 0 Å². The van der Waals surface area contributed by atoms with Gasteiger partial charge in [-0.2, -0.15) is 9.94 Å². The molecule has 4 fully saturated rings. The standard InChI is InChI=1S/C46H51ClN12O5/c1-45(2)43(46(3,4)44(45)64-34-11-7-29(25-48)36(47)24-34)50-40(61)28-5-8-31(9-6-28)57-21-19-55(20-22-57)26-30-27-58(53-51-30)32-15-17-56(18-16-32)33-10-12-37-35(23-33)42(63)59(54-52-37)38-13-14-39(60)49-41(38)62/h5-12,23-24,27,32,38,43-44H,13-22,26H2,1-4H3,(H,50,61)(H,49,60,62)/t38?,43-,44-. The predicted molar refractivity (Wildman–Crippen MR) is 239 cm³/mol. The van der Waals surface area contributed by atoms with E-state index < -0.39 is 17.5 Å². The second-order valence-corrected chi connectivity index (χ2v) is 18.9. The number of piperazine rings is 1. The Morgan fingerprint density at radius 2 is 1.58 bits per heavy atom. The van der Waals surface area contributed by atoms with E-state index in [0.29, 0.717) is 39.3 Å². The summed E-state index contributed by atoms with van der Waals surface area (Å²) in [5.74, 6) is -0.422. The number of rotatable bonds is 10. The quantitative estimate of drug-likeness (QED) is 0.184. The monoisotopic (exact) mass is 886 g/mol. The molecule has 3 saturated heterocycles. The van der Waals surface area contributed by atoms with Gasteiger partial charge in [-0.1, -0.05) is 49.7 Å². The number of aromatic nitrogens is 6. The van der Waals surface area contributed by atoms with Crippen LogP contribution in [0.1, 0.15) is 87.1 Å². The number of benzene rings is 3. The van der Waals surface area contributed by atoms with Crippen LogP contribution in [-0.4, -0.2) is 104 Å². The van der Waals surface area contributed by atoms with Crippen molar-refractivity contribution in [3.63, 3.8) is 0 Å². The van der Waals surface area contributed by atoms with Crippen LogP contribution in [-0.2, 0) is 16.1 Å². The van der Waals surface area contributed by atoms with Crippen LogP contribution in [0.5, 0.6) is 5.75 Å². The number of ether oxygens (including phenoxy) is 1. The number of nitrogens with one attached hydrogen (secondary N) is 2. The summed E-state index contributed by atoms with van der Waals surface area (Å²) in [4.78, 5) is 58.0. The zero-order chi connectivity index (χ0) is 44.9. The van der Waals surface area contributed by atoms with Crippen LogP contribution in [0.2, 0.25) is 5.02 Å². The SMILES string of the molecule is CC1(C)[C@H](NC(=O)c2ccc(N3CCN(Cc4cn(C5CCN(c6ccc7nnn(C8CCC(=O)NC8=O)c(=O)c7c6)CC5)nn4)CC3)cc2)C(C)(C)[C@H]1Oc1ccc(C#N)c(Cl)c1. The molecule has 9 rings (SSSR count). The Hall–Kier alpha value is -6.38. The molecular formula is C46H51ClN12O5. The van der Waals surface area contributed by atoms with Crippen molar-refractivity contribution in [2.24, 2.45) is 10.8 Å². The van der Waals surface area contributed by atoms with E-state index in [1.54, 1.807) is 24.3 Å². The van der Waals surface area contributed by atoms with Gasteiger partial charge in [0, 0.05) is 92.1 Å². The van der Waals surface area contributed by atoms with Gasteiger partial charge < -0.3 is 19.9 Å². The fourth-order valence-electron chi connectivity index (χ4n) is 10.3. The number of amides is 3. The lowest BCUT2D eigenvalue weighted by atomic mass is 9.49. The van der Waals surface area contributed by atoms with Gasteiger partial charge >= 0.3 is 0 Å². The molecular weight excluding hydrogens is 836 g/mol. The third kappa shape index (κ3) is 8.16. The first-order valence-corrected chi connectivity index (χ1v) is 22.2. The third-order valence-electron chi connectivity index (χ3n) is 13.6. The number of hydrogen-bond donors (Lipinski definition) is 2. The van der Waals surface area contributed by atoms with Crippen LogP contribution in [0.25, 0.3) is 10.9 Å². The van der Waals surface area contributed by atoms with Crippen molar-refractivity contribution in [1.29, 1.82) is 5.26 Å². The van der Waals surface area contributed by atoms with Crippen LogP contribution in [0.3, 0.4) is 0 Å². The second-order valence-electron chi connectivity index (χ2n) is 18.5. The summed E-state index contributed by atoms with van der Waals surface area (Å²) in [6, 6.07) is 19.7. The van der Waals surface area contributed by atoms with E-state index in [2.05, 4.69) is 85.9 Å². The van der Waals surface area contributed by atoms with Crippen LogP contribution in [0.4, 0.5) is 11.4 Å². The number of halogens is 1. The number of anilines is 2. The Bertz CT molecular complexity index is 2700. The lowest BCUT2D eigenvalue weighted by molar-refractivity contribution is -0.164. The molecule has 5 heterocycles. The van der Waals surface area contributed by atoms with Crippen molar-refractivity contribution in [3.8, 4) is 11.8 Å². The molecule has 3 aromatic carbocycles. The molecule has 1 atom stereocenters. The molecule has 2 aromatic heterocycles. The molecule has 3 aliphatic heterocycles. The van der Waals surface area contributed by atoms with Gasteiger partial charge in [-0.05, 0) is 73.9 Å². The van der Waals surface area contributed by atoms with Crippen molar-refractivity contribution >= 4 is 51.6 Å². The van der Waals surface area contributed by atoms with E-state index in [1.807, 2.05) is 41.1 Å². The minimum atomic E-state index is -0.869. The zero-order valence-electron chi connectivity index (χ0n) is 36.3. The van der Waals surface area contributed by atoms with E-state index in [4.69, 9.17) is 16.3 Å². The Morgan fingerprint density at radius 3 is 2.27 bits per heavy atom. The summed E-state index contributed by atoms with van der Waals surface area (Å²) in [7, 11) is 0.